The van der Waals surface area contributed by atoms with E-state index in [9.17, 15) is 0 Å². The highest BCUT2D eigenvalue weighted by molar-refractivity contribution is 5.03. The van der Waals surface area contributed by atoms with E-state index in [2.05, 4.69) is 4.98 Å². The van der Waals surface area contributed by atoms with E-state index in [1.807, 2.05) is 24.4 Å². The van der Waals surface area contributed by atoms with Gasteiger partial charge in [-0.3, -0.25) is 4.98 Å². The molecule has 0 bridgehead atoms. The van der Waals surface area contributed by atoms with Crippen molar-refractivity contribution >= 4 is 0 Å². The predicted molar refractivity (Wildman–Crippen MR) is 43.7 cm³/mol. The molecule has 0 aliphatic carbocycles. The fraction of sp³-hybridized carbons (Fsp3) is 0.375. The zero-order valence-corrected chi connectivity index (χ0v) is 5.96. The van der Waals surface area contributed by atoms with Gasteiger partial charge in [0.1, 0.15) is 0 Å². The van der Waals surface area contributed by atoms with Crippen molar-refractivity contribution < 1.29 is 1.43 Å². The van der Waals surface area contributed by atoms with Crippen molar-refractivity contribution in [3.63, 3.8) is 0 Å². The Morgan fingerprint density at radius 2 is 2.40 bits per heavy atom. The molecule has 56 valence electrons. The van der Waals surface area contributed by atoms with Gasteiger partial charge in [0, 0.05) is 13.3 Å². The van der Waals surface area contributed by atoms with Gasteiger partial charge in [0.05, 0.1) is 0 Å². The van der Waals surface area contributed by atoms with Gasteiger partial charge in [0.2, 0.25) is 0 Å². The highest BCUT2D eigenvalue weighted by Crippen LogP contribution is 1.95. The van der Waals surface area contributed by atoms with Crippen LogP contribution in [0.4, 0.5) is 0 Å². The lowest BCUT2D eigenvalue weighted by molar-refractivity contribution is 0.810. The molecule has 1 rings (SSSR count). The molecular formula is C8H14N2. The average Bonchev–Trinajstić information content (AvgIpc) is 2.03. The Bertz CT molecular complexity index is 177. The highest BCUT2D eigenvalue weighted by Gasteiger charge is 1.89. The maximum atomic E-state index is 5.35. The second kappa shape index (κ2) is 4.01. The zero-order valence-electron chi connectivity index (χ0n) is 5.96. The summed E-state index contributed by atoms with van der Waals surface area (Å²) in [6.07, 6.45) is 3.83. The molecule has 0 fully saturated rings. The van der Waals surface area contributed by atoms with Crippen LogP contribution >= 0.6 is 0 Å². The third kappa shape index (κ3) is 2.15. The molecule has 10 heavy (non-hydrogen) atoms. The SMILES string of the molecule is NCCCc1ccccn1.[HH]. The molecule has 0 unspecified atom stereocenters. The van der Waals surface area contributed by atoms with E-state index in [1.165, 1.54) is 0 Å². The molecule has 0 aliphatic rings. The van der Waals surface area contributed by atoms with E-state index in [0.29, 0.717) is 0 Å². The number of aromatic nitrogens is 1. The van der Waals surface area contributed by atoms with Gasteiger partial charge in [-0.05, 0) is 31.5 Å². The molecular weight excluding hydrogens is 124 g/mol. The summed E-state index contributed by atoms with van der Waals surface area (Å²) in [7, 11) is 0. The van der Waals surface area contributed by atoms with Gasteiger partial charge < -0.3 is 5.73 Å². The second-order valence-electron chi connectivity index (χ2n) is 2.21. The Kier molecular flexibility index (Phi) is 2.90. The van der Waals surface area contributed by atoms with Crippen molar-refractivity contribution in [2.45, 2.75) is 12.8 Å². The van der Waals surface area contributed by atoms with Gasteiger partial charge in [0.25, 0.3) is 0 Å². The Balaban J connectivity index is 0.000001000. The lowest BCUT2D eigenvalue weighted by atomic mass is 10.2. The van der Waals surface area contributed by atoms with Crippen molar-refractivity contribution in [1.82, 2.24) is 4.98 Å². The molecule has 1 heterocycles. The molecule has 1 aromatic rings. The fourth-order valence-electron chi connectivity index (χ4n) is 0.829. The lowest BCUT2D eigenvalue weighted by Gasteiger charge is -1.95. The molecule has 0 radical (unpaired) electrons. The third-order valence-corrected chi connectivity index (χ3v) is 1.36. The van der Waals surface area contributed by atoms with Gasteiger partial charge >= 0.3 is 0 Å². The number of nitrogens with zero attached hydrogens (tertiary/aromatic N) is 1. The summed E-state index contributed by atoms with van der Waals surface area (Å²) in [4.78, 5) is 4.16. The largest absolute Gasteiger partial charge is 0.330 e. The van der Waals surface area contributed by atoms with Crippen LogP contribution < -0.4 is 5.73 Å². The molecule has 1 aromatic heterocycles. The zero-order chi connectivity index (χ0) is 7.23. The van der Waals surface area contributed by atoms with Crippen molar-refractivity contribution in [1.29, 1.82) is 0 Å². The topological polar surface area (TPSA) is 38.9 Å². The van der Waals surface area contributed by atoms with Crippen LogP contribution in [0.25, 0.3) is 0 Å². The first kappa shape index (κ1) is 7.22. The van der Waals surface area contributed by atoms with Crippen molar-refractivity contribution in [3.05, 3.63) is 30.1 Å². The van der Waals surface area contributed by atoms with Crippen LogP contribution in [0.15, 0.2) is 24.4 Å². The van der Waals surface area contributed by atoms with E-state index >= 15 is 0 Å². The quantitative estimate of drug-likeness (QED) is 0.682. The molecule has 2 heteroatoms. The summed E-state index contributed by atoms with van der Waals surface area (Å²) < 4.78 is 0. The minimum absolute atomic E-state index is 0. The predicted octanol–water partition coefficient (Wildman–Crippen LogP) is 1.22. The van der Waals surface area contributed by atoms with E-state index in [-0.39, 0.29) is 1.43 Å². The summed E-state index contributed by atoms with van der Waals surface area (Å²) >= 11 is 0. The van der Waals surface area contributed by atoms with Crippen LogP contribution in [-0.2, 0) is 6.42 Å². The lowest BCUT2D eigenvalue weighted by Crippen LogP contribution is -2.00. The smallest absolute Gasteiger partial charge is 0.0404 e. The van der Waals surface area contributed by atoms with Gasteiger partial charge in [-0.1, -0.05) is 6.07 Å². The highest BCUT2D eigenvalue weighted by atomic mass is 14.7. The number of hydrogen-bond donors (Lipinski definition) is 1. The molecule has 0 spiro atoms. The maximum absolute atomic E-state index is 5.35. The van der Waals surface area contributed by atoms with Crippen molar-refractivity contribution in [2.24, 2.45) is 5.73 Å². The second-order valence-corrected chi connectivity index (χ2v) is 2.21. The van der Waals surface area contributed by atoms with Crippen LogP contribution in [0, 0.1) is 0 Å². The third-order valence-electron chi connectivity index (χ3n) is 1.36. The number of pyridine rings is 1. The Morgan fingerprint density at radius 3 is 3.00 bits per heavy atom. The van der Waals surface area contributed by atoms with Crippen molar-refractivity contribution in [3.8, 4) is 0 Å². The van der Waals surface area contributed by atoms with Crippen LogP contribution in [0.5, 0.6) is 0 Å². The Labute approximate surface area is 62.6 Å². The molecule has 2 nitrogen and oxygen atoms in total. The molecule has 2 N–H and O–H groups in total. The van der Waals surface area contributed by atoms with Gasteiger partial charge in [-0.15, -0.1) is 0 Å². The van der Waals surface area contributed by atoms with Crippen molar-refractivity contribution in [2.75, 3.05) is 6.54 Å². The first-order valence-electron chi connectivity index (χ1n) is 3.53. The minimum Gasteiger partial charge on any atom is -0.330 e. The number of hydrogen-bond acceptors (Lipinski definition) is 2. The van der Waals surface area contributed by atoms with E-state index in [4.69, 9.17) is 5.73 Å². The Hall–Kier alpha value is -0.890. The summed E-state index contributed by atoms with van der Waals surface area (Å²) in [5.41, 5.74) is 6.48. The molecule has 0 aliphatic heterocycles. The van der Waals surface area contributed by atoms with Gasteiger partial charge in [0.15, 0.2) is 0 Å². The first-order chi connectivity index (χ1) is 4.93. The van der Waals surface area contributed by atoms with Crippen LogP contribution in [0.3, 0.4) is 0 Å². The number of rotatable bonds is 3. The maximum Gasteiger partial charge on any atom is 0.0404 e. The summed E-state index contributed by atoms with van der Waals surface area (Å²) in [5.74, 6) is 0. The monoisotopic (exact) mass is 138 g/mol. The van der Waals surface area contributed by atoms with Crippen LogP contribution in [0.1, 0.15) is 13.5 Å². The first-order valence-corrected chi connectivity index (χ1v) is 3.53. The summed E-state index contributed by atoms with van der Waals surface area (Å²) in [6, 6.07) is 5.94. The summed E-state index contributed by atoms with van der Waals surface area (Å²) in [5, 5.41) is 0. The van der Waals surface area contributed by atoms with Gasteiger partial charge in [-0.2, -0.15) is 0 Å². The molecule has 0 aromatic carbocycles. The summed E-state index contributed by atoms with van der Waals surface area (Å²) in [6.45, 7) is 0.747. The minimum atomic E-state index is 0. The van der Waals surface area contributed by atoms with E-state index in [0.717, 1.165) is 25.1 Å². The van der Waals surface area contributed by atoms with Gasteiger partial charge in [-0.25, -0.2) is 0 Å². The molecule has 0 saturated carbocycles. The van der Waals surface area contributed by atoms with Crippen LogP contribution in [0.2, 0.25) is 0 Å². The Morgan fingerprint density at radius 1 is 1.50 bits per heavy atom. The van der Waals surface area contributed by atoms with E-state index < -0.39 is 0 Å². The van der Waals surface area contributed by atoms with Crippen LogP contribution in [-0.4, -0.2) is 11.5 Å². The molecule has 0 atom stereocenters. The number of aryl methyl sites for hydroxylation is 1. The average molecular weight is 138 g/mol. The molecule has 0 saturated heterocycles. The van der Waals surface area contributed by atoms with E-state index in [1.54, 1.807) is 0 Å². The fourth-order valence-corrected chi connectivity index (χ4v) is 0.829. The standard InChI is InChI=1S/C8H12N2.H2/c9-6-3-5-8-4-1-2-7-10-8;/h1-2,4,7H,3,5-6,9H2;1H. The molecule has 0 amide bonds. The normalized spacial score (nSPS) is 9.70. The number of nitrogens with two attached hydrogens (primary N) is 1.